The Labute approximate surface area is 56.6 Å². The van der Waals surface area contributed by atoms with Gasteiger partial charge in [0.25, 0.3) is 0 Å². The predicted molar refractivity (Wildman–Crippen MR) is 38.1 cm³/mol. The fraction of sp³-hybridized carbons (Fsp3) is 1.00. The quantitative estimate of drug-likeness (QED) is 0.565. The lowest BCUT2D eigenvalue weighted by Crippen LogP contribution is -2.25. The molecule has 0 aromatic heterocycles. The second-order valence-electron chi connectivity index (χ2n) is 3.85. The molecule has 52 valence electrons. The van der Waals surface area contributed by atoms with Crippen LogP contribution in [0.5, 0.6) is 0 Å². The Morgan fingerprint density at radius 1 is 1.33 bits per heavy atom. The molecule has 0 saturated heterocycles. The third kappa shape index (κ3) is 0.710. The molecule has 2 rings (SSSR count). The number of hydrogen-bond acceptors (Lipinski definition) is 1. The van der Waals surface area contributed by atoms with E-state index in [2.05, 4.69) is 0 Å². The Kier molecular flexibility index (Phi) is 1.10. The lowest BCUT2D eigenvalue weighted by Gasteiger charge is -2.23. The molecule has 0 spiro atoms. The first kappa shape index (κ1) is 5.72. The average Bonchev–Trinajstić information content (AvgIpc) is 2.46. The zero-order chi connectivity index (χ0) is 6.32. The van der Waals surface area contributed by atoms with Crippen molar-refractivity contribution >= 4 is 0 Å². The van der Waals surface area contributed by atoms with Crippen molar-refractivity contribution in [3.63, 3.8) is 0 Å². The minimum absolute atomic E-state index is 0.630. The highest BCUT2D eigenvalue weighted by atomic mass is 14.6. The molecule has 9 heavy (non-hydrogen) atoms. The topological polar surface area (TPSA) is 26.0 Å². The van der Waals surface area contributed by atoms with Crippen molar-refractivity contribution in [3.8, 4) is 0 Å². The van der Waals surface area contributed by atoms with Gasteiger partial charge in [0.2, 0.25) is 0 Å². The van der Waals surface area contributed by atoms with E-state index in [1.54, 1.807) is 0 Å². The van der Waals surface area contributed by atoms with Crippen LogP contribution in [0.3, 0.4) is 0 Å². The predicted octanol–water partition coefficient (Wildman–Crippen LogP) is 1.53. The zero-order valence-electron chi connectivity index (χ0n) is 5.90. The largest absolute Gasteiger partial charge is 0.330 e. The lowest BCUT2D eigenvalue weighted by atomic mass is 9.85. The molecule has 0 aromatic rings. The van der Waals surface area contributed by atoms with Gasteiger partial charge in [0.05, 0.1) is 0 Å². The van der Waals surface area contributed by atoms with Crippen LogP contribution in [0, 0.1) is 11.3 Å². The first-order valence-electron chi connectivity index (χ1n) is 4.05. The summed E-state index contributed by atoms with van der Waals surface area (Å²) >= 11 is 0. The van der Waals surface area contributed by atoms with Crippen LogP contribution in [0.25, 0.3) is 0 Å². The second-order valence-corrected chi connectivity index (χ2v) is 3.85. The third-order valence-corrected chi connectivity index (χ3v) is 3.32. The maximum atomic E-state index is 5.71. The van der Waals surface area contributed by atoms with Crippen molar-refractivity contribution in [2.24, 2.45) is 17.1 Å². The van der Waals surface area contributed by atoms with Crippen LogP contribution in [-0.2, 0) is 0 Å². The van der Waals surface area contributed by atoms with Crippen molar-refractivity contribution in [2.45, 2.75) is 32.1 Å². The molecule has 2 N–H and O–H groups in total. The van der Waals surface area contributed by atoms with Crippen LogP contribution in [0.4, 0.5) is 0 Å². The fourth-order valence-corrected chi connectivity index (χ4v) is 2.60. The highest BCUT2D eigenvalue weighted by Crippen LogP contribution is 2.53. The van der Waals surface area contributed by atoms with E-state index < -0.39 is 0 Å². The Morgan fingerprint density at radius 3 is 2.22 bits per heavy atom. The first-order valence-corrected chi connectivity index (χ1v) is 4.05. The van der Waals surface area contributed by atoms with E-state index >= 15 is 0 Å². The summed E-state index contributed by atoms with van der Waals surface area (Å²) in [6, 6.07) is 0. The molecule has 2 bridgehead atoms. The minimum atomic E-state index is 0.630. The van der Waals surface area contributed by atoms with Gasteiger partial charge in [-0.2, -0.15) is 0 Å². The SMILES string of the molecule is NCC12CCC(CC1)C2. The summed E-state index contributed by atoms with van der Waals surface area (Å²) in [7, 11) is 0. The number of hydrogen-bond donors (Lipinski definition) is 1. The molecule has 1 nitrogen and oxygen atoms in total. The molecule has 0 unspecified atom stereocenters. The standard InChI is InChI=1S/C8H15N/c9-6-8-3-1-7(5-8)2-4-8/h7H,1-6,9H2. The van der Waals surface area contributed by atoms with Crippen molar-refractivity contribution in [1.82, 2.24) is 0 Å². The Balaban J connectivity index is 2.13. The molecule has 0 atom stereocenters. The molecule has 2 saturated carbocycles. The van der Waals surface area contributed by atoms with Gasteiger partial charge >= 0.3 is 0 Å². The van der Waals surface area contributed by atoms with Crippen molar-refractivity contribution < 1.29 is 0 Å². The summed E-state index contributed by atoms with van der Waals surface area (Å²) in [5, 5.41) is 0. The summed E-state index contributed by atoms with van der Waals surface area (Å²) in [5.74, 6) is 1.06. The second kappa shape index (κ2) is 1.72. The Hall–Kier alpha value is -0.0400. The van der Waals surface area contributed by atoms with Gasteiger partial charge in [0.1, 0.15) is 0 Å². The zero-order valence-corrected chi connectivity index (χ0v) is 5.90. The highest BCUT2D eigenvalue weighted by molar-refractivity contribution is 4.96. The van der Waals surface area contributed by atoms with E-state index in [1.807, 2.05) is 0 Å². The van der Waals surface area contributed by atoms with Gasteiger partial charge in [-0.25, -0.2) is 0 Å². The maximum absolute atomic E-state index is 5.71. The highest BCUT2D eigenvalue weighted by Gasteiger charge is 2.43. The molecule has 2 aliphatic rings. The van der Waals surface area contributed by atoms with Gasteiger partial charge in [-0.15, -0.1) is 0 Å². The normalized spacial score (nSPS) is 48.3. The summed E-state index contributed by atoms with van der Waals surface area (Å²) < 4.78 is 0. The smallest absolute Gasteiger partial charge is 0.00204 e. The molecule has 2 aliphatic carbocycles. The van der Waals surface area contributed by atoms with Crippen LogP contribution >= 0.6 is 0 Å². The number of nitrogens with two attached hydrogens (primary N) is 1. The van der Waals surface area contributed by atoms with E-state index in [9.17, 15) is 0 Å². The van der Waals surface area contributed by atoms with Crippen LogP contribution in [0.2, 0.25) is 0 Å². The molecule has 0 amide bonds. The summed E-state index contributed by atoms with van der Waals surface area (Å²) in [4.78, 5) is 0. The molecular weight excluding hydrogens is 110 g/mol. The van der Waals surface area contributed by atoms with Crippen molar-refractivity contribution in [2.75, 3.05) is 6.54 Å². The lowest BCUT2D eigenvalue weighted by molar-refractivity contribution is 0.307. The molecule has 0 heterocycles. The third-order valence-electron chi connectivity index (χ3n) is 3.32. The molecule has 0 radical (unpaired) electrons. The van der Waals surface area contributed by atoms with Crippen LogP contribution < -0.4 is 5.73 Å². The summed E-state index contributed by atoms with van der Waals surface area (Å²) in [5.41, 5.74) is 6.34. The first-order chi connectivity index (χ1) is 4.35. The molecule has 2 fully saturated rings. The fourth-order valence-electron chi connectivity index (χ4n) is 2.60. The molecule has 0 aliphatic heterocycles. The van der Waals surface area contributed by atoms with Gasteiger partial charge in [-0.1, -0.05) is 0 Å². The van der Waals surface area contributed by atoms with Crippen molar-refractivity contribution in [1.29, 1.82) is 0 Å². The van der Waals surface area contributed by atoms with Crippen LogP contribution in [0.15, 0.2) is 0 Å². The van der Waals surface area contributed by atoms with Gasteiger partial charge in [0.15, 0.2) is 0 Å². The van der Waals surface area contributed by atoms with Crippen LogP contribution in [-0.4, -0.2) is 6.54 Å². The van der Waals surface area contributed by atoms with Gasteiger partial charge in [0, 0.05) is 0 Å². The summed E-state index contributed by atoms with van der Waals surface area (Å²) in [6.07, 6.45) is 7.24. The van der Waals surface area contributed by atoms with E-state index in [0.717, 1.165) is 12.5 Å². The van der Waals surface area contributed by atoms with Crippen LogP contribution in [0.1, 0.15) is 32.1 Å². The van der Waals surface area contributed by atoms with Crippen molar-refractivity contribution in [3.05, 3.63) is 0 Å². The van der Waals surface area contributed by atoms with E-state index in [4.69, 9.17) is 5.73 Å². The average molecular weight is 125 g/mol. The molecular formula is C8H15N. The Bertz CT molecular complexity index is 112. The van der Waals surface area contributed by atoms with E-state index in [0.29, 0.717) is 5.41 Å². The Morgan fingerprint density at radius 2 is 2.00 bits per heavy atom. The maximum Gasteiger partial charge on any atom is -0.00204 e. The number of rotatable bonds is 1. The van der Waals surface area contributed by atoms with E-state index in [-0.39, 0.29) is 0 Å². The monoisotopic (exact) mass is 125 g/mol. The molecule has 0 aromatic carbocycles. The summed E-state index contributed by atoms with van der Waals surface area (Å²) in [6.45, 7) is 0.948. The van der Waals surface area contributed by atoms with Gasteiger partial charge < -0.3 is 5.73 Å². The van der Waals surface area contributed by atoms with E-state index in [1.165, 1.54) is 32.1 Å². The molecule has 1 heteroatoms. The minimum Gasteiger partial charge on any atom is -0.330 e. The number of fused-ring (bicyclic) bond motifs is 2. The van der Waals surface area contributed by atoms with Gasteiger partial charge in [-0.05, 0) is 50.0 Å². The van der Waals surface area contributed by atoms with Gasteiger partial charge in [-0.3, -0.25) is 0 Å².